The van der Waals surface area contributed by atoms with E-state index in [0.29, 0.717) is 17.7 Å². The molecule has 3 aliphatic rings. The number of rotatable bonds is 4. The van der Waals surface area contributed by atoms with E-state index in [2.05, 4.69) is 11.8 Å². The summed E-state index contributed by atoms with van der Waals surface area (Å²) >= 11 is 0. The highest BCUT2D eigenvalue weighted by Gasteiger charge is 2.66. The Kier molecular flexibility index (Phi) is 6.52. The van der Waals surface area contributed by atoms with Gasteiger partial charge in [-0.1, -0.05) is 25.2 Å². The number of unbranched alkanes of at least 4 members (excludes halogenated alkanes) is 2. The van der Waals surface area contributed by atoms with E-state index in [1.165, 1.54) is 0 Å². The number of primary amides is 1. The van der Waals surface area contributed by atoms with Gasteiger partial charge >= 0.3 is 0 Å². The first-order valence-corrected chi connectivity index (χ1v) is 12.2. The molecule has 0 aliphatic heterocycles. The number of amides is 1. The minimum atomic E-state index is -2.65. The molecule has 2 saturated carbocycles. The Morgan fingerprint density at radius 2 is 1.89 bits per heavy atom. The predicted octanol–water partition coefficient (Wildman–Crippen LogP) is 0.935. The number of hydrogen-bond acceptors (Lipinski definition) is 8. The lowest BCUT2D eigenvalue weighted by atomic mass is 9.53. The standard InChI is InChI=1S/C27H30N2O7/c1-4-5-6-7-8-13-11-17(29(2)3)16-10-14-9-15-12-18(30)21(26(28)35)25(34)27(15,36)24(33)19(14)23(32)20(16)22(13)31/h11,14-15,19,21,31,36H,4-6,9-10,12H2,1-3H3,(H2,28,35)/t14-,15+,19?,21?,27+/m1/s1. The SMILES string of the molecule is CCCCC#Cc1cc(N(C)C)c2c(c1O)C(=O)C1C(=O)[C@]3(O)C(=O)C(C(N)=O)C(=O)C[C@@H]3C[C@@H]1C2. The number of aliphatic hydroxyl groups is 1. The molecule has 0 aromatic heterocycles. The second-order valence-electron chi connectivity index (χ2n) is 10.2. The topological polar surface area (TPSA) is 155 Å². The molecule has 9 nitrogen and oxygen atoms in total. The molecular weight excluding hydrogens is 464 g/mol. The van der Waals surface area contributed by atoms with E-state index in [1.807, 2.05) is 6.92 Å². The van der Waals surface area contributed by atoms with Crippen LogP contribution in [0.15, 0.2) is 6.07 Å². The number of fused-ring (bicyclic) bond motifs is 3. The zero-order valence-electron chi connectivity index (χ0n) is 20.6. The van der Waals surface area contributed by atoms with Crippen LogP contribution in [-0.2, 0) is 25.6 Å². The van der Waals surface area contributed by atoms with Crippen molar-refractivity contribution in [3.63, 3.8) is 0 Å². The molecule has 36 heavy (non-hydrogen) atoms. The number of carbonyl (C=O) groups excluding carboxylic acids is 5. The zero-order chi connectivity index (χ0) is 26.5. The van der Waals surface area contributed by atoms with Crippen molar-refractivity contribution in [3.8, 4) is 17.6 Å². The van der Waals surface area contributed by atoms with Gasteiger partial charge in [-0.2, -0.15) is 0 Å². The van der Waals surface area contributed by atoms with Gasteiger partial charge in [0, 0.05) is 38.5 Å². The number of carbonyl (C=O) groups is 5. The van der Waals surface area contributed by atoms with E-state index < -0.39 is 58.3 Å². The summed E-state index contributed by atoms with van der Waals surface area (Å²) in [7, 11) is 3.59. The number of nitrogens with zero attached hydrogens (tertiary/aromatic N) is 1. The quantitative estimate of drug-likeness (QED) is 0.317. The first-order chi connectivity index (χ1) is 16.9. The number of ketones is 4. The first-order valence-electron chi connectivity index (χ1n) is 12.2. The molecule has 0 radical (unpaired) electrons. The Balaban J connectivity index is 1.82. The fourth-order valence-electron chi connectivity index (χ4n) is 5.93. The molecule has 190 valence electrons. The molecule has 9 heteroatoms. The summed E-state index contributed by atoms with van der Waals surface area (Å²) < 4.78 is 0. The smallest absolute Gasteiger partial charge is 0.235 e. The minimum Gasteiger partial charge on any atom is -0.506 e. The van der Waals surface area contributed by atoms with Gasteiger partial charge in [0.15, 0.2) is 34.7 Å². The summed E-state index contributed by atoms with van der Waals surface area (Å²) in [6.07, 6.45) is 2.41. The lowest BCUT2D eigenvalue weighted by Gasteiger charge is -2.48. The third-order valence-corrected chi connectivity index (χ3v) is 7.74. The van der Waals surface area contributed by atoms with Crippen molar-refractivity contribution in [2.24, 2.45) is 29.4 Å². The second-order valence-corrected chi connectivity index (χ2v) is 10.2. The van der Waals surface area contributed by atoms with E-state index in [-0.39, 0.29) is 36.1 Å². The Labute approximate surface area is 209 Å². The lowest BCUT2D eigenvalue weighted by Crippen LogP contribution is -2.68. The number of benzene rings is 1. The maximum absolute atomic E-state index is 13.8. The van der Waals surface area contributed by atoms with Crippen LogP contribution in [0.4, 0.5) is 5.69 Å². The molecule has 5 atom stereocenters. The van der Waals surface area contributed by atoms with Crippen molar-refractivity contribution in [1.82, 2.24) is 0 Å². The lowest BCUT2D eigenvalue weighted by molar-refractivity contribution is -0.175. The monoisotopic (exact) mass is 494 g/mol. The maximum atomic E-state index is 13.8. The number of phenols is 1. The van der Waals surface area contributed by atoms with Crippen LogP contribution in [0.25, 0.3) is 0 Å². The van der Waals surface area contributed by atoms with Crippen LogP contribution >= 0.6 is 0 Å². The minimum absolute atomic E-state index is 0.0385. The summed E-state index contributed by atoms with van der Waals surface area (Å²) in [5.41, 5.74) is 4.02. The van der Waals surface area contributed by atoms with Gasteiger partial charge < -0.3 is 20.8 Å². The van der Waals surface area contributed by atoms with Crippen LogP contribution in [0.5, 0.6) is 5.75 Å². The van der Waals surface area contributed by atoms with Gasteiger partial charge in [-0.05, 0) is 36.8 Å². The Hall–Kier alpha value is -3.51. The molecule has 1 aromatic carbocycles. The van der Waals surface area contributed by atoms with Gasteiger partial charge in [-0.3, -0.25) is 24.0 Å². The van der Waals surface area contributed by atoms with Crippen LogP contribution < -0.4 is 10.6 Å². The van der Waals surface area contributed by atoms with E-state index >= 15 is 0 Å². The van der Waals surface area contributed by atoms with Crippen molar-refractivity contribution in [3.05, 3.63) is 22.8 Å². The second kappa shape index (κ2) is 9.17. The molecule has 1 amide bonds. The Morgan fingerprint density at radius 1 is 1.19 bits per heavy atom. The third kappa shape index (κ3) is 3.71. The highest BCUT2D eigenvalue weighted by atomic mass is 16.3. The molecule has 0 spiro atoms. The first kappa shape index (κ1) is 25.6. The zero-order valence-corrected chi connectivity index (χ0v) is 20.6. The van der Waals surface area contributed by atoms with Gasteiger partial charge in [-0.25, -0.2) is 0 Å². The molecule has 4 N–H and O–H groups in total. The summed E-state index contributed by atoms with van der Waals surface area (Å²) in [4.78, 5) is 66.4. The molecule has 4 rings (SSSR count). The molecule has 0 heterocycles. The predicted molar refractivity (Wildman–Crippen MR) is 129 cm³/mol. The normalized spacial score (nSPS) is 29.0. The summed E-state index contributed by atoms with van der Waals surface area (Å²) in [5.74, 6) is -4.29. The average Bonchev–Trinajstić information content (AvgIpc) is 2.79. The van der Waals surface area contributed by atoms with Crippen molar-refractivity contribution < 1.29 is 34.2 Å². The average molecular weight is 495 g/mol. The van der Waals surface area contributed by atoms with Gasteiger partial charge in [0.05, 0.1) is 17.0 Å². The van der Waals surface area contributed by atoms with Gasteiger partial charge in [0.25, 0.3) is 0 Å². The molecule has 3 aliphatic carbocycles. The molecule has 2 unspecified atom stereocenters. The van der Waals surface area contributed by atoms with Crippen LogP contribution in [0, 0.1) is 35.5 Å². The molecule has 1 aromatic rings. The summed E-state index contributed by atoms with van der Waals surface area (Å²) in [6, 6.07) is 1.72. The van der Waals surface area contributed by atoms with Crippen molar-refractivity contribution in [1.29, 1.82) is 0 Å². The number of hydrogen-bond donors (Lipinski definition) is 3. The van der Waals surface area contributed by atoms with Crippen LogP contribution in [0.1, 0.15) is 60.5 Å². The largest absolute Gasteiger partial charge is 0.506 e. The van der Waals surface area contributed by atoms with E-state index in [4.69, 9.17) is 5.73 Å². The summed E-state index contributed by atoms with van der Waals surface area (Å²) in [6.45, 7) is 2.04. The number of aromatic hydroxyl groups is 1. The fraction of sp³-hybridized carbons (Fsp3) is 0.519. The van der Waals surface area contributed by atoms with Crippen molar-refractivity contribution in [2.75, 3.05) is 19.0 Å². The van der Waals surface area contributed by atoms with Gasteiger partial charge in [0.2, 0.25) is 5.91 Å². The van der Waals surface area contributed by atoms with E-state index in [9.17, 15) is 34.2 Å². The summed E-state index contributed by atoms with van der Waals surface area (Å²) in [5, 5.41) is 22.4. The van der Waals surface area contributed by atoms with Crippen LogP contribution in [0.3, 0.4) is 0 Å². The van der Waals surface area contributed by atoms with Crippen LogP contribution in [-0.4, -0.2) is 58.9 Å². The Bertz CT molecular complexity index is 1250. The van der Waals surface area contributed by atoms with Gasteiger partial charge in [0.1, 0.15) is 5.75 Å². The number of anilines is 1. The number of nitrogens with two attached hydrogens (primary N) is 1. The van der Waals surface area contributed by atoms with Gasteiger partial charge in [-0.15, -0.1) is 0 Å². The number of Topliss-reactive ketones (excluding diaryl/α,β-unsaturated/α-hetero) is 4. The molecule has 0 bridgehead atoms. The Morgan fingerprint density at radius 3 is 2.50 bits per heavy atom. The van der Waals surface area contributed by atoms with E-state index in [0.717, 1.165) is 12.8 Å². The fourth-order valence-corrected chi connectivity index (χ4v) is 5.93. The van der Waals surface area contributed by atoms with E-state index in [1.54, 1.807) is 25.1 Å². The molecule has 0 saturated heterocycles. The number of phenolic OH excluding ortho intramolecular Hbond substituents is 1. The maximum Gasteiger partial charge on any atom is 0.235 e. The van der Waals surface area contributed by atoms with Crippen molar-refractivity contribution >= 4 is 34.7 Å². The molecular formula is C27H30N2O7. The highest BCUT2D eigenvalue weighted by molar-refractivity contribution is 6.31. The third-order valence-electron chi connectivity index (χ3n) is 7.74. The van der Waals surface area contributed by atoms with Crippen molar-refractivity contribution in [2.45, 2.75) is 51.0 Å². The molecule has 2 fully saturated rings. The highest BCUT2D eigenvalue weighted by Crippen LogP contribution is 2.51. The van der Waals surface area contributed by atoms with Crippen LogP contribution in [0.2, 0.25) is 0 Å².